The third-order valence-electron chi connectivity index (χ3n) is 4.11. The maximum absolute atomic E-state index is 6.20. The van der Waals surface area contributed by atoms with Gasteiger partial charge in [0.1, 0.15) is 5.65 Å². The van der Waals surface area contributed by atoms with Crippen molar-refractivity contribution in [2.75, 3.05) is 13.1 Å². The number of hydrogen-bond acceptors (Lipinski definition) is 2. The number of nitrogens with one attached hydrogen (secondary N) is 2. The highest BCUT2D eigenvalue weighted by Crippen LogP contribution is 2.15. The van der Waals surface area contributed by atoms with Crippen LogP contribution in [0.1, 0.15) is 23.7 Å². The molecule has 0 saturated heterocycles. The van der Waals surface area contributed by atoms with Crippen LogP contribution in [0.25, 0.3) is 5.65 Å². The third-order valence-corrected chi connectivity index (χ3v) is 4.48. The number of nitrogens with zero attached hydrogens (tertiary/aromatic N) is 3. The number of aromatic nitrogens is 2. The van der Waals surface area contributed by atoms with Crippen molar-refractivity contribution in [2.45, 2.75) is 26.8 Å². The van der Waals surface area contributed by atoms with Gasteiger partial charge in [-0.15, -0.1) is 24.0 Å². The zero-order chi connectivity index (χ0) is 18.4. The van der Waals surface area contributed by atoms with Crippen molar-refractivity contribution < 1.29 is 0 Å². The van der Waals surface area contributed by atoms with Crippen molar-refractivity contribution in [2.24, 2.45) is 4.99 Å². The fourth-order valence-electron chi connectivity index (χ4n) is 2.77. The molecule has 0 aliphatic rings. The minimum absolute atomic E-state index is 0. The van der Waals surface area contributed by atoms with Crippen LogP contribution in [0.3, 0.4) is 0 Å². The molecule has 0 unspecified atom stereocenters. The number of benzene rings is 1. The fraction of sp³-hybridized carbons (Fsp3) is 0.300. The molecular formula is C20H25ClIN5. The van der Waals surface area contributed by atoms with Gasteiger partial charge in [-0.3, -0.25) is 0 Å². The average Bonchev–Trinajstić information content (AvgIpc) is 3.05. The Labute approximate surface area is 182 Å². The molecule has 2 heterocycles. The van der Waals surface area contributed by atoms with Crippen LogP contribution in [-0.4, -0.2) is 28.4 Å². The van der Waals surface area contributed by atoms with E-state index in [1.165, 1.54) is 5.56 Å². The Kier molecular flexibility index (Phi) is 8.37. The van der Waals surface area contributed by atoms with Crippen LogP contribution in [0.4, 0.5) is 0 Å². The maximum atomic E-state index is 6.20. The van der Waals surface area contributed by atoms with Gasteiger partial charge >= 0.3 is 0 Å². The van der Waals surface area contributed by atoms with E-state index in [0.717, 1.165) is 47.4 Å². The summed E-state index contributed by atoms with van der Waals surface area (Å²) in [7, 11) is 0. The summed E-state index contributed by atoms with van der Waals surface area (Å²) in [5.74, 6) is 0.785. The quantitative estimate of drug-likeness (QED) is 0.305. The van der Waals surface area contributed by atoms with E-state index in [1.807, 2.05) is 36.5 Å². The first-order valence-electron chi connectivity index (χ1n) is 8.86. The number of aryl methyl sites for hydroxylation is 1. The Morgan fingerprint density at radius 3 is 2.74 bits per heavy atom. The molecule has 0 spiro atoms. The number of fused-ring (bicyclic) bond motifs is 1. The van der Waals surface area contributed by atoms with Crippen LogP contribution >= 0.6 is 35.6 Å². The highest BCUT2D eigenvalue weighted by molar-refractivity contribution is 14.0. The molecule has 0 aliphatic heterocycles. The minimum atomic E-state index is 0. The number of imidazole rings is 1. The lowest BCUT2D eigenvalue weighted by Gasteiger charge is -2.11. The second-order valence-electron chi connectivity index (χ2n) is 6.12. The van der Waals surface area contributed by atoms with Crippen LogP contribution in [0, 0.1) is 6.92 Å². The molecule has 1 aromatic carbocycles. The lowest BCUT2D eigenvalue weighted by molar-refractivity contribution is 0.791. The lowest BCUT2D eigenvalue weighted by atomic mass is 10.2. The van der Waals surface area contributed by atoms with Crippen molar-refractivity contribution in [1.82, 2.24) is 20.0 Å². The summed E-state index contributed by atoms with van der Waals surface area (Å²) in [5, 5.41) is 7.37. The molecule has 5 nitrogen and oxygen atoms in total. The smallest absolute Gasteiger partial charge is 0.191 e. The second kappa shape index (κ2) is 10.5. The summed E-state index contributed by atoms with van der Waals surface area (Å²) < 4.78 is 2.07. The first-order chi connectivity index (χ1) is 12.7. The van der Waals surface area contributed by atoms with E-state index in [4.69, 9.17) is 16.6 Å². The van der Waals surface area contributed by atoms with Crippen LogP contribution in [0.15, 0.2) is 53.8 Å². The number of halogens is 2. The molecule has 0 radical (unpaired) electrons. The molecule has 0 atom stereocenters. The average molecular weight is 498 g/mol. The zero-order valence-electron chi connectivity index (χ0n) is 15.6. The molecular weight excluding hydrogens is 473 g/mol. The van der Waals surface area contributed by atoms with Crippen molar-refractivity contribution in [1.29, 1.82) is 0 Å². The van der Waals surface area contributed by atoms with Crippen molar-refractivity contribution in [3.05, 3.63) is 70.6 Å². The van der Waals surface area contributed by atoms with Gasteiger partial charge in [0.05, 0.1) is 12.2 Å². The number of guanidine groups is 1. The molecule has 0 amide bonds. The van der Waals surface area contributed by atoms with Gasteiger partial charge in [0.25, 0.3) is 0 Å². The summed E-state index contributed by atoms with van der Waals surface area (Å²) in [5.41, 5.74) is 4.28. The molecule has 27 heavy (non-hydrogen) atoms. The Hall–Kier alpha value is -1.80. The van der Waals surface area contributed by atoms with E-state index < -0.39 is 0 Å². The van der Waals surface area contributed by atoms with Crippen LogP contribution < -0.4 is 10.6 Å². The monoisotopic (exact) mass is 497 g/mol. The number of rotatable bonds is 6. The predicted octanol–water partition coefficient (Wildman–Crippen LogP) is 4.21. The first kappa shape index (κ1) is 21.5. The van der Waals surface area contributed by atoms with Gasteiger partial charge in [-0.25, -0.2) is 9.98 Å². The Morgan fingerprint density at radius 1 is 1.19 bits per heavy atom. The third kappa shape index (κ3) is 5.84. The molecule has 2 aromatic heterocycles. The highest BCUT2D eigenvalue weighted by atomic mass is 127. The molecule has 2 N–H and O–H groups in total. The van der Waals surface area contributed by atoms with Gasteiger partial charge in [0.2, 0.25) is 0 Å². The summed E-state index contributed by atoms with van der Waals surface area (Å²) >= 11 is 6.20. The van der Waals surface area contributed by atoms with E-state index in [2.05, 4.69) is 46.1 Å². The lowest BCUT2D eigenvalue weighted by Crippen LogP contribution is -2.38. The van der Waals surface area contributed by atoms with Crippen molar-refractivity contribution in [3.63, 3.8) is 0 Å². The summed E-state index contributed by atoms with van der Waals surface area (Å²) in [6, 6.07) is 11.9. The van der Waals surface area contributed by atoms with Crippen LogP contribution in [0.2, 0.25) is 5.02 Å². The molecule has 3 rings (SSSR count). The molecule has 144 valence electrons. The molecule has 0 bridgehead atoms. The Morgan fingerprint density at radius 2 is 2.00 bits per heavy atom. The van der Waals surface area contributed by atoms with Crippen LogP contribution in [-0.2, 0) is 13.0 Å². The largest absolute Gasteiger partial charge is 0.357 e. The van der Waals surface area contributed by atoms with Crippen LogP contribution in [0.5, 0.6) is 0 Å². The summed E-state index contributed by atoms with van der Waals surface area (Å²) in [6.45, 7) is 6.24. The van der Waals surface area contributed by atoms with E-state index in [9.17, 15) is 0 Å². The van der Waals surface area contributed by atoms with E-state index in [1.54, 1.807) is 0 Å². The zero-order valence-corrected chi connectivity index (χ0v) is 18.7. The summed E-state index contributed by atoms with van der Waals surface area (Å²) in [6.07, 6.45) is 4.94. The van der Waals surface area contributed by atoms with E-state index in [0.29, 0.717) is 6.54 Å². The number of hydrogen-bond donors (Lipinski definition) is 2. The topological polar surface area (TPSA) is 53.7 Å². The normalized spacial score (nSPS) is 11.3. The Bertz CT molecular complexity index is 906. The fourth-order valence-corrected chi connectivity index (χ4v) is 2.96. The number of aliphatic imine (C=N–C) groups is 1. The second-order valence-corrected chi connectivity index (χ2v) is 6.52. The summed E-state index contributed by atoms with van der Waals surface area (Å²) in [4.78, 5) is 9.32. The molecule has 3 aromatic rings. The van der Waals surface area contributed by atoms with E-state index >= 15 is 0 Å². The Balaban J connectivity index is 0.00000261. The molecule has 7 heteroatoms. The molecule has 0 fully saturated rings. The molecule has 0 aliphatic carbocycles. The number of pyridine rings is 1. The van der Waals surface area contributed by atoms with Gasteiger partial charge in [0.15, 0.2) is 5.96 Å². The standard InChI is InChI=1S/C20H24ClN5.HI/c1-3-22-20(24-13-16-8-4-5-9-18(16)21)23-11-10-17-14-26-12-6-7-15(2)19(26)25-17;/h4-9,12,14H,3,10-11,13H2,1-2H3,(H2,22,23,24);1H. The minimum Gasteiger partial charge on any atom is -0.357 e. The van der Waals surface area contributed by atoms with Gasteiger partial charge < -0.3 is 15.0 Å². The van der Waals surface area contributed by atoms with E-state index in [-0.39, 0.29) is 24.0 Å². The van der Waals surface area contributed by atoms with Crippen molar-refractivity contribution in [3.8, 4) is 0 Å². The predicted molar refractivity (Wildman–Crippen MR) is 123 cm³/mol. The van der Waals surface area contributed by atoms with Gasteiger partial charge in [-0.1, -0.05) is 35.9 Å². The van der Waals surface area contributed by atoms with Gasteiger partial charge in [0, 0.05) is 36.9 Å². The van der Waals surface area contributed by atoms with Gasteiger partial charge in [-0.05, 0) is 37.1 Å². The maximum Gasteiger partial charge on any atom is 0.191 e. The SMILES string of the molecule is CCNC(=NCc1ccccc1Cl)NCCc1cn2cccc(C)c2n1.I. The highest BCUT2D eigenvalue weighted by Gasteiger charge is 2.05. The van der Waals surface area contributed by atoms with Crippen molar-refractivity contribution >= 4 is 47.2 Å². The van der Waals surface area contributed by atoms with Gasteiger partial charge in [-0.2, -0.15) is 0 Å². The first-order valence-corrected chi connectivity index (χ1v) is 9.24. The molecule has 0 saturated carbocycles.